The quantitative estimate of drug-likeness (QED) is 0.633. The predicted octanol–water partition coefficient (Wildman–Crippen LogP) is 2.67. The summed E-state index contributed by atoms with van der Waals surface area (Å²) in [5.74, 6) is -0.347. The Kier molecular flexibility index (Phi) is 5.10. The Hall–Kier alpha value is -1.42. The number of halogens is 1. The zero-order valence-electron chi connectivity index (χ0n) is 9.81. The molecule has 0 aliphatic heterocycles. The lowest BCUT2D eigenvalue weighted by atomic mass is 10.1. The van der Waals surface area contributed by atoms with E-state index in [9.17, 15) is 9.59 Å². The van der Waals surface area contributed by atoms with Gasteiger partial charge in [-0.1, -0.05) is 28.1 Å². The summed E-state index contributed by atoms with van der Waals surface area (Å²) in [4.78, 5) is 24.7. The van der Waals surface area contributed by atoms with E-state index in [1.165, 1.54) is 17.1 Å². The first-order chi connectivity index (χ1) is 8.04. The van der Waals surface area contributed by atoms with Gasteiger partial charge in [-0.3, -0.25) is 9.59 Å². The van der Waals surface area contributed by atoms with Crippen LogP contribution in [-0.4, -0.2) is 30.2 Å². The molecule has 0 heterocycles. The molecule has 1 amide bonds. The van der Waals surface area contributed by atoms with Gasteiger partial charge in [0.05, 0.1) is 0 Å². The number of ketones is 1. The average Bonchev–Trinajstić information content (AvgIpc) is 2.34. The third-order valence-electron chi connectivity index (χ3n) is 2.34. The van der Waals surface area contributed by atoms with Gasteiger partial charge in [-0.15, -0.1) is 0 Å². The largest absolute Gasteiger partial charge is 0.343 e. The third kappa shape index (κ3) is 4.15. The number of carbonyl (C=O) groups excluding carboxylic acids is 2. The molecule has 0 aliphatic rings. The molecular weight excluding hydrogens is 282 g/mol. The molecule has 1 aromatic rings. The van der Waals surface area contributed by atoms with Crippen molar-refractivity contribution >= 4 is 27.6 Å². The molecule has 0 spiro atoms. The molecule has 0 bridgehead atoms. The summed E-state index contributed by atoms with van der Waals surface area (Å²) in [6, 6.07) is 7.06. The molecule has 0 atom stereocenters. The highest BCUT2D eigenvalue weighted by molar-refractivity contribution is 9.10. The summed E-state index contributed by atoms with van der Waals surface area (Å²) >= 11 is 3.29. The van der Waals surface area contributed by atoms with Crippen molar-refractivity contribution in [3.8, 4) is 0 Å². The summed E-state index contributed by atoms with van der Waals surface area (Å²) in [6.45, 7) is 2.50. The van der Waals surface area contributed by atoms with Crippen LogP contribution in [0.5, 0.6) is 0 Å². The zero-order valence-corrected chi connectivity index (χ0v) is 11.4. The van der Waals surface area contributed by atoms with E-state index in [4.69, 9.17) is 0 Å². The Labute approximate surface area is 109 Å². The van der Waals surface area contributed by atoms with Gasteiger partial charge in [0.1, 0.15) is 0 Å². The van der Waals surface area contributed by atoms with Crippen molar-refractivity contribution in [3.63, 3.8) is 0 Å². The van der Waals surface area contributed by atoms with Gasteiger partial charge in [0.2, 0.25) is 5.91 Å². The number of carbonyl (C=O) groups is 2. The van der Waals surface area contributed by atoms with Gasteiger partial charge < -0.3 is 4.90 Å². The van der Waals surface area contributed by atoms with E-state index in [0.717, 1.165) is 4.47 Å². The van der Waals surface area contributed by atoms with Crippen LogP contribution in [0.2, 0.25) is 0 Å². The SMILES string of the molecule is CCN(C)C(=O)/C=C/C(=O)c1cccc(Br)c1. The van der Waals surface area contributed by atoms with Crippen LogP contribution in [0.3, 0.4) is 0 Å². The Bertz CT molecular complexity index is 454. The molecule has 0 aromatic heterocycles. The summed E-state index contributed by atoms with van der Waals surface area (Å²) < 4.78 is 0.841. The Morgan fingerprint density at radius 2 is 2.06 bits per heavy atom. The number of benzene rings is 1. The number of likely N-dealkylation sites (N-methyl/N-ethyl adjacent to an activating group) is 1. The fourth-order valence-electron chi connectivity index (χ4n) is 1.17. The minimum Gasteiger partial charge on any atom is -0.343 e. The highest BCUT2D eigenvalue weighted by Gasteiger charge is 2.05. The lowest BCUT2D eigenvalue weighted by Gasteiger charge is -2.10. The van der Waals surface area contributed by atoms with E-state index in [0.29, 0.717) is 12.1 Å². The van der Waals surface area contributed by atoms with Crippen LogP contribution in [0.25, 0.3) is 0 Å². The molecule has 90 valence electrons. The van der Waals surface area contributed by atoms with Crippen molar-refractivity contribution in [2.24, 2.45) is 0 Å². The van der Waals surface area contributed by atoms with E-state index in [2.05, 4.69) is 15.9 Å². The zero-order chi connectivity index (χ0) is 12.8. The van der Waals surface area contributed by atoms with Crippen LogP contribution in [0, 0.1) is 0 Å². The van der Waals surface area contributed by atoms with E-state index in [1.54, 1.807) is 25.2 Å². The van der Waals surface area contributed by atoms with Gasteiger partial charge in [-0.2, -0.15) is 0 Å². The Morgan fingerprint density at radius 3 is 2.65 bits per heavy atom. The minimum atomic E-state index is -0.177. The Balaban J connectivity index is 2.73. The molecule has 1 aromatic carbocycles. The second-order valence-electron chi connectivity index (χ2n) is 3.56. The average molecular weight is 296 g/mol. The van der Waals surface area contributed by atoms with E-state index < -0.39 is 0 Å². The van der Waals surface area contributed by atoms with E-state index in [-0.39, 0.29) is 11.7 Å². The second-order valence-corrected chi connectivity index (χ2v) is 4.48. The molecule has 0 saturated heterocycles. The van der Waals surface area contributed by atoms with Crippen molar-refractivity contribution in [3.05, 3.63) is 46.5 Å². The van der Waals surface area contributed by atoms with Crippen LogP contribution < -0.4 is 0 Å². The lowest BCUT2D eigenvalue weighted by molar-refractivity contribution is -0.124. The van der Waals surface area contributed by atoms with Crippen LogP contribution >= 0.6 is 15.9 Å². The van der Waals surface area contributed by atoms with Gasteiger partial charge in [0.25, 0.3) is 0 Å². The van der Waals surface area contributed by atoms with Gasteiger partial charge in [-0.05, 0) is 25.1 Å². The second kappa shape index (κ2) is 6.35. The summed E-state index contributed by atoms with van der Waals surface area (Å²) in [5, 5.41) is 0. The molecule has 0 aliphatic carbocycles. The highest BCUT2D eigenvalue weighted by Crippen LogP contribution is 2.12. The normalized spacial score (nSPS) is 10.5. The first-order valence-electron chi connectivity index (χ1n) is 5.27. The molecule has 0 N–H and O–H groups in total. The van der Waals surface area contributed by atoms with Gasteiger partial charge >= 0.3 is 0 Å². The number of allylic oxidation sites excluding steroid dienone is 1. The van der Waals surface area contributed by atoms with Crippen molar-refractivity contribution in [2.75, 3.05) is 13.6 Å². The van der Waals surface area contributed by atoms with Gasteiger partial charge in [-0.25, -0.2) is 0 Å². The predicted molar refractivity (Wildman–Crippen MR) is 70.9 cm³/mol. The standard InChI is InChI=1S/C13H14BrNO2/c1-3-15(2)13(17)8-7-12(16)10-5-4-6-11(14)9-10/h4-9H,3H2,1-2H3/b8-7+. The molecule has 0 fully saturated rings. The highest BCUT2D eigenvalue weighted by atomic mass is 79.9. The number of rotatable bonds is 4. The maximum atomic E-state index is 11.7. The molecule has 3 nitrogen and oxygen atoms in total. The molecule has 17 heavy (non-hydrogen) atoms. The van der Waals surface area contributed by atoms with Crippen LogP contribution in [0.4, 0.5) is 0 Å². The first-order valence-corrected chi connectivity index (χ1v) is 6.07. The number of amides is 1. The molecule has 4 heteroatoms. The Morgan fingerprint density at radius 1 is 1.35 bits per heavy atom. The topological polar surface area (TPSA) is 37.4 Å². The fourth-order valence-corrected chi connectivity index (χ4v) is 1.57. The van der Waals surface area contributed by atoms with Gasteiger partial charge in [0.15, 0.2) is 5.78 Å². The molecule has 0 unspecified atom stereocenters. The molecular formula is C13H14BrNO2. The molecule has 1 rings (SSSR count). The minimum absolute atomic E-state index is 0.171. The van der Waals surface area contributed by atoms with Crippen molar-refractivity contribution in [2.45, 2.75) is 6.92 Å². The third-order valence-corrected chi connectivity index (χ3v) is 2.83. The summed E-state index contributed by atoms with van der Waals surface area (Å²) in [7, 11) is 1.69. The molecule has 0 saturated carbocycles. The van der Waals surface area contributed by atoms with Crippen LogP contribution in [0.15, 0.2) is 40.9 Å². The number of nitrogens with zero attached hydrogens (tertiary/aromatic N) is 1. The summed E-state index contributed by atoms with van der Waals surface area (Å²) in [5.41, 5.74) is 0.558. The molecule has 0 radical (unpaired) electrons. The van der Waals surface area contributed by atoms with Crippen molar-refractivity contribution in [1.82, 2.24) is 4.90 Å². The first kappa shape index (κ1) is 13.6. The summed E-state index contributed by atoms with van der Waals surface area (Å²) in [6.07, 6.45) is 2.60. The smallest absolute Gasteiger partial charge is 0.246 e. The van der Waals surface area contributed by atoms with Gasteiger partial charge in [0, 0.05) is 29.7 Å². The van der Waals surface area contributed by atoms with Crippen molar-refractivity contribution < 1.29 is 9.59 Å². The van der Waals surface area contributed by atoms with Crippen LogP contribution in [-0.2, 0) is 4.79 Å². The number of hydrogen-bond donors (Lipinski definition) is 0. The fraction of sp³-hybridized carbons (Fsp3) is 0.231. The monoisotopic (exact) mass is 295 g/mol. The van der Waals surface area contributed by atoms with E-state index >= 15 is 0 Å². The maximum absolute atomic E-state index is 11.7. The van der Waals surface area contributed by atoms with Crippen LogP contribution in [0.1, 0.15) is 17.3 Å². The van der Waals surface area contributed by atoms with Crippen molar-refractivity contribution in [1.29, 1.82) is 0 Å². The van der Waals surface area contributed by atoms with E-state index in [1.807, 2.05) is 13.0 Å². The maximum Gasteiger partial charge on any atom is 0.246 e. The lowest BCUT2D eigenvalue weighted by Crippen LogP contribution is -2.24. The number of hydrogen-bond acceptors (Lipinski definition) is 2.